The number of hydrogen-bond acceptors (Lipinski definition) is 2. The molecule has 0 aromatic carbocycles. The minimum Gasteiger partial charge on any atom is -0.329 e. The molecule has 15 heavy (non-hydrogen) atoms. The third-order valence-electron chi connectivity index (χ3n) is 2.98. The molecule has 1 aliphatic carbocycles. The topological polar surface area (TPSA) is 56.7 Å². The maximum absolute atomic E-state index is 11.6. The monoisotopic (exact) mass is 224 g/mol. The van der Waals surface area contributed by atoms with Crippen LogP contribution in [0.3, 0.4) is 0 Å². The van der Waals surface area contributed by atoms with Crippen molar-refractivity contribution >= 4 is 17.3 Å². The van der Waals surface area contributed by atoms with Crippen molar-refractivity contribution in [1.29, 1.82) is 5.41 Å². The predicted molar refractivity (Wildman–Crippen MR) is 61.0 cm³/mol. The van der Waals surface area contributed by atoms with Crippen LogP contribution in [0.2, 0.25) is 0 Å². The minimum atomic E-state index is -0.167. The maximum atomic E-state index is 11.6. The molecule has 2 atom stereocenters. The Kier molecular flexibility index (Phi) is 2.65. The van der Waals surface area contributed by atoms with Gasteiger partial charge in [-0.1, -0.05) is 6.92 Å². The van der Waals surface area contributed by atoms with E-state index in [0.29, 0.717) is 17.7 Å². The fourth-order valence-electron chi connectivity index (χ4n) is 2.16. The highest BCUT2D eigenvalue weighted by atomic mass is 35.5. The Morgan fingerprint density at radius 1 is 1.67 bits per heavy atom. The van der Waals surface area contributed by atoms with Crippen molar-refractivity contribution in [3.05, 3.63) is 33.7 Å². The fraction of sp³-hybridized carbons (Fsp3) is 0.455. The Bertz CT molecular complexity index is 452. The van der Waals surface area contributed by atoms with Gasteiger partial charge in [0.1, 0.15) is 0 Å². The molecule has 0 saturated heterocycles. The Morgan fingerprint density at radius 2 is 2.40 bits per heavy atom. The third-order valence-corrected chi connectivity index (χ3v) is 3.44. The summed E-state index contributed by atoms with van der Waals surface area (Å²) in [6.45, 7) is 2.00. The summed E-state index contributed by atoms with van der Waals surface area (Å²) in [5.41, 5.74) is 1.65. The minimum absolute atomic E-state index is 0.00247. The van der Waals surface area contributed by atoms with E-state index in [0.717, 1.165) is 12.0 Å². The molecule has 1 aromatic rings. The number of hydrogen-bond donors (Lipinski definition) is 2. The molecule has 2 unspecified atom stereocenters. The van der Waals surface area contributed by atoms with Gasteiger partial charge in [-0.3, -0.25) is 4.79 Å². The lowest BCUT2D eigenvalue weighted by molar-refractivity contribution is 0.595. The van der Waals surface area contributed by atoms with E-state index in [4.69, 9.17) is 17.0 Å². The highest BCUT2D eigenvalue weighted by molar-refractivity contribution is 6.24. The zero-order valence-electron chi connectivity index (χ0n) is 8.51. The van der Waals surface area contributed by atoms with Crippen LogP contribution in [0.25, 0.3) is 0 Å². The van der Waals surface area contributed by atoms with Crippen LogP contribution in [-0.4, -0.2) is 16.1 Å². The molecule has 2 N–H and O–H groups in total. The van der Waals surface area contributed by atoms with Crippen molar-refractivity contribution in [2.45, 2.75) is 25.1 Å². The van der Waals surface area contributed by atoms with E-state index in [-0.39, 0.29) is 16.9 Å². The van der Waals surface area contributed by atoms with Crippen LogP contribution in [0.5, 0.6) is 0 Å². The van der Waals surface area contributed by atoms with Crippen molar-refractivity contribution in [1.82, 2.24) is 4.98 Å². The SMILES string of the molecule is CCC1C(=N)c2c(cc[nH]c2=O)CC1Cl. The van der Waals surface area contributed by atoms with Gasteiger partial charge in [0.05, 0.1) is 5.56 Å². The molecule has 1 heterocycles. The second-order valence-electron chi connectivity index (χ2n) is 3.86. The van der Waals surface area contributed by atoms with Crippen LogP contribution < -0.4 is 5.56 Å². The molecule has 0 bridgehead atoms. The standard InChI is InChI=1S/C11H13ClN2O/c1-2-7-8(12)5-6-3-4-14-11(15)9(6)10(7)13/h3-4,7-8,13H,2,5H2,1H3,(H,14,15). The van der Waals surface area contributed by atoms with Gasteiger partial charge in [-0.05, 0) is 24.5 Å². The smallest absolute Gasteiger partial charge is 0.257 e. The van der Waals surface area contributed by atoms with Gasteiger partial charge in [0.15, 0.2) is 0 Å². The number of fused-ring (bicyclic) bond motifs is 1. The highest BCUT2D eigenvalue weighted by Crippen LogP contribution is 2.28. The molecule has 0 spiro atoms. The van der Waals surface area contributed by atoms with Crippen LogP contribution in [-0.2, 0) is 6.42 Å². The molecule has 0 fully saturated rings. The van der Waals surface area contributed by atoms with Crippen LogP contribution in [0.1, 0.15) is 24.5 Å². The molecule has 80 valence electrons. The Balaban J connectivity index is 2.56. The van der Waals surface area contributed by atoms with Crippen LogP contribution >= 0.6 is 11.6 Å². The molecular weight excluding hydrogens is 212 g/mol. The summed E-state index contributed by atoms with van der Waals surface area (Å²) in [6.07, 6.45) is 3.10. The Labute approximate surface area is 93.0 Å². The van der Waals surface area contributed by atoms with E-state index in [1.54, 1.807) is 6.20 Å². The molecule has 0 saturated carbocycles. The highest BCUT2D eigenvalue weighted by Gasteiger charge is 2.31. The summed E-state index contributed by atoms with van der Waals surface area (Å²) >= 11 is 6.20. The van der Waals surface area contributed by atoms with Gasteiger partial charge in [0, 0.05) is 23.2 Å². The van der Waals surface area contributed by atoms with Crippen LogP contribution in [0, 0.1) is 11.3 Å². The zero-order valence-corrected chi connectivity index (χ0v) is 9.27. The third kappa shape index (κ3) is 1.61. The zero-order chi connectivity index (χ0) is 11.0. The van der Waals surface area contributed by atoms with Gasteiger partial charge in [0.2, 0.25) is 0 Å². The van der Waals surface area contributed by atoms with E-state index in [9.17, 15) is 4.79 Å². The lowest BCUT2D eigenvalue weighted by atomic mass is 9.81. The van der Waals surface area contributed by atoms with Crippen molar-refractivity contribution < 1.29 is 0 Å². The molecule has 0 aliphatic heterocycles. The summed E-state index contributed by atoms with van der Waals surface area (Å²) in [7, 11) is 0. The normalized spacial score (nSPS) is 25.1. The molecule has 0 radical (unpaired) electrons. The van der Waals surface area contributed by atoms with E-state index in [1.165, 1.54) is 0 Å². The quantitative estimate of drug-likeness (QED) is 0.704. The second-order valence-corrected chi connectivity index (χ2v) is 4.42. The molecule has 2 rings (SSSR count). The Hall–Kier alpha value is -1.09. The average molecular weight is 225 g/mol. The maximum Gasteiger partial charge on any atom is 0.257 e. The summed E-state index contributed by atoms with van der Waals surface area (Å²) < 4.78 is 0. The largest absolute Gasteiger partial charge is 0.329 e. The van der Waals surface area contributed by atoms with Crippen molar-refractivity contribution in [3.8, 4) is 0 Å². The first-order valence-corrected chi connectivity index (χ1v) is 5.52. The molecule has 1 aromatic heterocycles. The van der Waals surface area contributed by atoms with Crippen molar-refractivity contribution in [2.24, 2.45) is 5.92 Å². The van der Waals surface area contributed by atoms with E-state index >= 15 is 0 Å². The summed E-state index contributed by atoms with van der Waals surface area (Å²) in [5.74, 6) is 0.00247. The number of aromatic amines is 1. The number of aromatic nitrogens is 1. The lowest BCUT2D eigenvalue weighted by Gasteiger charge is -2.28. The number of halogens is 1. The molecule has 4 heteroatoms. The van der Waals surface area contributed by atoms with Gasteiger partial charge in [-0.2, -0.15) is 0 Å². The predicted octanol–water partition coefficient (Wildman–Crippen LogP) is 1.93. The molecule has 3 nitrogen and oxygen atoms in total. The lowest BCUT2D eigenvalue weighted by Crippen LogP contribution is -2.36. The van der Waals surface area contributed by atoms with E-state index in [1.807, 2.05) is 13.0 Å². The van der Waals surface area contributed by atoms with Gasteiger partial charge in [-0.15, -0.1) is 11.6 Å². The first-order chi connectivity index (χ1) is 7.15. The number of H-pyrrole nitrogens is 1. The van der Waals surface area contributed by atoms with Gasteiger partial charge in [-0.25, -0.2) is 0 Å². The van der Waals surface area contributed by atoms with Gasteiger partial charge >= 0.3 is 0 Å². The summed E-state index contributed by atoms with van der Waals surface area (Å²) in [5, 5.41) is 7.94. The molecular formula is C11H13ClN2O. The van der Waals surface area contributed by atoms with Crippen molar-refractivity contribution in [2.75, 3.05) is 0 Å². The Morgan fingerprint density at radius 3 is 3.07 bits per heavy atom. The molecule has 0 amide bonds. The van der Waals surface area contributed by atoms with Crippen LogP contribution in [0.15, 0.2) is 17.1 Å². The number of pyridine rings is 1. The fourth-order valence-corrected chi connectivity index (χ4v) is 2.63. The molecule has 1 aliphatic rings. The van der Waals surface area contributed by atoms with Gasteiger partial charge < -0.3 is 10.4 Å². The first kappa shape index (κ1) is 10.4. The van der Waals surface area contributed by atoms with E-state index < -0.39 is 0 Å². The number of alkyl halides is 1. The number of nitrogens with one attached hydrogen (secondary N) is 2. The van der Waals surface area contributed by atoms with Gasteiger partial charge in [0.25, 0.3) is 5.56 Å². The van der Waals surface area contributed by atoms with Crippen molar-refractivity contribution in [3.63, 3.8) is 0 Å². The number of rotatable bonds is 1. The van der Waals surface area contributed by atoms with Crippen LogP contribution in [0.4, 0.5) is 0 Å². The summed E-state index contributed by atoms with van der Waals surface area (Å²) in [4.78, 5) is 14.2. The second kappa shape index (κ2) is 3.81. The average Bonchev–Trinajstić information content (AvgIpc) is 2.17. The van der Waals surface area contributed by atoms with E-state index in [2.05, 4.69) is 4.98 Å². The first-order valence-electron chi connectivity index (χ1n) is 5.08. The summed E-state index contributed by atoms with van der Waals surface area (Å²) in [6, 6.07) is 1.84.